The van der Waals surface area contributed by atoms with Crippen LogP contribution in [0, 0.1) is 0 Å². The number of aldehydes is 1. The van der Waals surface area contributed by atoms with Crippen molar-refractivity contribution in [2.75, 3.05) is 39.6 Å². The van der Waals surface area contributed by atoms with Gasteiger partial charge in [-0.1, -0.05) is 0 Å². The molecule has 20 N–H and O–H groups in total. The lowest BCUT2D eigenvalue weighted by Gasteiger charge is -2.43. The average molecular weight is 721 g/mol. The number of hydrogen-bond donors (Lipinski definition) is 18. The van der Waals surface area contributed by atoms with Crippen LogP contribution < -0.4 is 0 Å². The Balaban J connectivity index is 0.000000751. The van der Waals surface area contributed by atoms with E-state index in [0.717, 1.165) is 0 Å². The molecule has 0 aromatic heterocycles. The first-order valence-corrected chi connectivity index (χ1v) is 13.9. The zero-order valence-corrected chi connectivity index (χ0v) is 25.1. The van der Waals surface area contributed by atoms with Crippen molar-refractivity contribution in [3.8, 4) is 0 Å². The Kier molecular flexibility index (Phi) is 20.0. The van der Waals surface area contributed by atoms with Crippen molar-refractivity contribution in [3.63, 3.8) is 0 Å². The van der Waals surface area contributed by atoms with Crippen LogP contribution in [0.2, 0.25) is 0 Å². The fourth-order valence-electron chi connectivity index (χ4n) is 4.40. The second-order valence-corrected chi connectivity index (χ2v) is 10.7. The highest BCUT2D eigenvalue weighted by Gasteiger charge is 2.58. The molecule has 0 amide bonds. The Bertz CT molecular complexity index is 902. The largest absolute Gasteiger partial charge is 0.412 e. The molecule has 3 aliphatic rings. The molecule has 288 valence electrons. The highest BCUT2D eigenvalue weighted by Crippen LogP contribution is 2.36. The lowest BCUT2D eigenvalue weighted by Crippen LogP contribution is -2.62. The van der Waals surface area contributed by atoms with E-state index in [9.17, 15) is 40.5 Å². The molecule has 3 rings (SSSR count). The third-order valence-electron chi connectivity index (χ3n) is 7.42. The molecule has 0 spiro atoms. The molecule has 17 atom stereocenters. The van der Waals surface area contributed by atoms with Crippen molar-refractivity contribution in [1.29, 1.82) is 0 Å². The van der Waals surface area contributed by atoms with Gasteiger partial charge in [0.25, 0.3) is 0 Å². The zero-order chi connectivity index (χ0) is 36.4. The number of rotatable bonds is 12. The number of hydrogen-bond acceptors (Lipinski definition) is 23. The van der Waals surface area contributed by atoms with Gasteiger partial charge in [-0.3, -0.25) is 0 Å². The zero-order valence-electron chi connectivity index (χ0n) is 25.1. The molecule has 0 aromatic rings. The summed E-state index contributed by atoms with van der Waals surface area (Å²) in [5.74, 6) is -4.38. The van der Waals surface area contributed by atoms with E-state index in [1.54, 1.807) is 0 Å². The second-order valence-electron chi connectivity index (χ2n) is 10.7. The molecule has 3 fully saturated rings. The average Bonchev–Trinajstić information content (AvgIpc) is 3.47. The van der Waals surface area contributed by atoms with Gasteiger partial charge in [0.05, 0.1) is 33.0 Å². The third-order valence-corrected chi connectivity index (χ3v) is 7.42. The Morgan fingerprint density at radius 2 is 1.15 bits per heavy atom. The van der Waals surface area contributed by atoms with Gasteiger partial charge in [-0.25, -0.2) is 0 Å². The normalized spacial score (nSPS) is 41.8. The maximum absolute atomic E-state index is 10.00. The van der Waals surface area contributed by atoms with Crippen molar-refractivity contribution in [1.82, 2.24) is 0 Å². The van der Waals surface area contributed by atoms with Crippen LogP contribution in [0.5, 0.6) is 0 Å². The first-order chi connectivity index (χ1) is 21.9. The first-order valence-electron chi connectivity index (χ1n) is 13.9. The van der Waals surface area contributed by atoms with Crippen LogP contribution in [0.15, 0.2) is 0 Å². The van der Waals surface area contributed by atoms with Crippen molar-refractivity contribution in [2.24, 2.45) is 0 Å². The van der Waals surface area contributed by atoms with Crippen LogP contribution in [0.25, 0.3) is 0 Å². The van der Waals surface area contributed by atoms with Gasteiger partial charge in [0, 0.05) is 0 Å². The summed E-state index contributed by atoms with van der Waals surface area (Å²) in [5, 5.41) is 165. The summed E-state index contributed by atoms with van der Waals surface area (Å²) in [6.45, 7) is -4.44. The van der Waals surface area contributed by atoms with Gasteiger partial charge in [0.1, 0.15) is 92.1 Å². The van der Waals surface area contributed by atoms with Gasteiger partial charge >= 0.3 is 0 Å². The van der Waals surface area contributed by atoms with Crippen LogP contribution in [0.3, 0.4) is 0 Å². The molecular formula is C24H48O24. The topological polar surface area (TPSA) is 450 Å². The van der Waals surface area contributed by atoms with Crippen LogP contribution in [-0.4, -0.2) is 247 Å². The van der Waals surface area contributed by atoms with Gasteiger partial charge < -0.3 is 121 Å². The van der Waals surface area contributed by atoms with Gasteiger partial charge in [0.2, 0.25) is 11.6 Å². The molecule has 24 nitrogen and oxygen atoms in total. The van der Waals surface area contributed by atoms with E-state index in [0.29, 0.717) is 0 Å². The quantitative estimate of drug-likeness (QED) is 0.0832. The standard InChI is InChI=1S/C12H22O11.2C6H12O6.H2O/c13-1-4-6(16)8(18)9(19)11(21-4)23-12(3-15)10(20)7(17)5(2-14)22-12;7-1-3-4(9)5(10)6(11,2-8)12-3;7-1-3(9)5(11)6(12)4(10)2-8;/h4-11,13-20H,1-3H2;3-5,7-11H,1-2H2;1,3-6,8-12H,2H2;1H2/t4-,5-,6-,7-,8+,9-,10+,11-,12+;3-,4-,5+,6-;3-,4+,5+,6+;/m110./s1. The van der Waals surface area contributed by atoms with Gasteiger partial charge in [-0.15, -0.1) is 0 Å². The Morgan fingerprint density at radius 3 is 1.52 bits per heavy atom. The molecule has 0 aliphatic carbocycles. The third kappa shape index (κ3) is 10.6. The van der Waals surface area contributed by atoms with E-state index >= 15 is 0 Å². The smallest absolute Gasteiger partial charge is 0.224 e. The van der Waals surface area contributed by atoms with Gasteiger partial charge in [-0.05, 0) is 0 Å². The van der Waals surface area contributed by atoms with E-state index in [4.69, 9.17) is 70.4 Å². The van der Waals surface area contributed by atoms with Crippen LogP contribution in [0.4, 0.5) is 0 Å². The summed E-state index contributed by atoms with van der Waals surface area (Å²) < 4.78 is 20.1. The summed E-state index contributed by atoms with van der Waals surface area (Å²) in [6, 6.07) is 0. The SMILES string of the molecule is O.O=C[C@H](O)[C@@H](O)[C@H](O)[C@H](O)CO.OC[C@H]1O[C@@](CO)(O[C@H]2O[C@H](CO)[C@@H](O)[C@H](O)[C@H]2O)[C@@H](O)[C@@H]1O.OC[C@H]1O[C@](O)(CO)[C@@H](O)[C@@H]1O. The fraction of sp³-hybridized carbons (Fsp3) is 0.958. The Morgan fingerprint density at radius 1 is 0.646 bits per heavy atom. The lowest BCUT2D eigenvalue weighted by molar-refractivity contribution is -0.383. The summed E-state index contributed by atoms with van der Waals surface area (Å²) >= 11 is 0. The maximum Gasteiger partial charge on any atom is 0.224 e. The molecule has 0 bridgehead atoms. The fourth-order valence-corrected chi connectivity index (χ4v) is 4.40. The minimum atomic E-state index is -2.22. The molecule has 3 saturated heterocycles. The van der Waals surface area contributed by atoms with Gasteiger partial charge in [-0.2, -0.15) is 0 Å². The minimum absolute atomic E-state index is 0. The van der Waals surface area contributed by atoms with E-state index < -0.39 is 143 Å². The molecule has 0 aromatic carbocycles. The summed E-state index contributed by atoms with van der Waals surface area (Å²) in [5.41, 5.74) is 0. The monoisotopic (exact) mass is 720 g/mol. The molecule has 48 heavy (non-hydrogen) atoms. The lowest BCUT2D eigenvalue weighted by atomic mass is 9.99. The number of carbonyl (C=O) groups excluding carboxylic acids is 1. The number of ether oxygens (including phenoxy) is 4. The van der Waals surface area contributed by atoms with Crippen molar-refractivity contribution >= 4 is 6.29 Å². The first kappa shape index (κ1) is 46.8. The van der Waals surface area contributed by atoms with E-state index in [2.05, 4.69) is 4.74 Å². The Labute approximate surface area is 271 Å². The summed E-state index contributed by atoms with van der Waals surface area (Å²) in [4.78, 5) is 9.90. The van der Waals surface area contributed by atoms with E-state index in [1.807, 2.05) is 0 Å². The predicted octanol–water partition coefficient (Wildman–Crippen LogP) is -12.8. The molecule has 0 radical (unpaired) electrons. The molecule has 3 heterocycles. The van der Waals surface area contributed by atoms with Gasteiger partial charge in [0.15, 0.2) is 12.6 Å². The van der Waals surface area contributed by atoms with Crippen molar-refractivity contribution in [2.45, 2.75) is 103 Å². The second kappa shape index (κ2) is 20.6. The minimum Gasteiger partial charge on any atom is -0.412 e. The summed E-state index contributed by atoms with van der Waals surface area (Å²) in [6.07, 6.45) is -23.5. The van der Waals surface area contributed by atoms with Crippen LogP contribution in [0.1, 0.15) is 0 Å². The highest BCUT2D eigenvalue weighted by atomic mass is 16.8. The number of aliphatic hydroxyl groups is 18. The van der Waals surface area contributed by atoms with Crippen LogP contribution in [-0.2, 0) is 23.7 Å². The van der Waals surface area contributed by atoms with Crippen LogP contribution >= 0.6 is 0 Å². The number of carbonyl (C=O) groups is 1. The molecule has 0 unspecified atom stereocenters. The molecule has 3 aliphatic heterocycles. The predicted molar refractivity (Wildman–Crippen MR) is 145 cm³/mol. The molecule has 0 saturated carbocycles. The van der Waals surface area contributed by atoms with Crippen molar-refractivity contribution in [3.05, 3.63) is 0 Å². The maximum atomic E-state index is 10.00. The molecule has 24 heteroatoms. The molecular weight excluding hydrogens is 672 g/mol. The van der Waals surface area contributed by atoms with E-state index in [-0.39, 0.29) is 11.8 Å². The number of aliphatic hydroxyl groups excluding tert-OH is 17. The van der Waals surface area contributed by atoms with Crippen molar-refractivity contribution < 1.29 is 121 Å². The van der Waals surface area contributed by atoms with E-state index in [1.165, 1.54) is 0 Å². The Hall–Kier alpha value is -1.25. The highest BCUT2D eigenvalue weighted by molar-refractivity contribution is 5.56. The summed E-state index contributed by atoms with van der Waals surface area (Å²) in [7, 11) is 0.